The van der Waals surface area contributed by atoms with E-state index in [0.717, 1.165) is 49.4 Å². The number of hydrogen-bond acceptors (Lipinski definition) is 3. The summed E-state index contributed by atoms with van der Waals surface area (Å²) in [7, 11) is 1.88. The van der Waals surface area contributed by atoms with Gasteiger partial charge < -0.3 is 15.0 Å². The average Bonchev–Trinajstić information content (AvgIpc) is 3.07. The number of carbonyl (C=O) groups excluding carboxylic acids is 1. The molecule has 0 aromatic heterocycles. The topological polar surface area (TPSA) is 41.6 Å². The molecule has 2 aliphatic rings. The van der Waals surface area contributed by atoms with Gasteiger partial charge in [-0.3, -0.25) is 4.79 Å². The predicted molar refractivity (Wildman–Crippen MR) is 73.6 cm³/mol. The van der Waals surface area contributed by atoms with Gasteiger partial charge in [-0.1, -0.05) is 0 Å². The van der Waals surface area contributed by atoms with E-state index in [0.29, 0.717) is 6.04 Å². The number of hydrogen-bond donors (Lipinski definition) is 1. The fourth-order valence-electron chi connectivity index (χ4n) is 2.87. The molecule has 1 saturated heterocycles. The number of nitrogens with one attached hydrogen (secondary N) is 1. The molecule has 0 radical (unpaired) electrons. The number of amides is 1. The maximum absolute atomic E-state index is 12.4. The zero-order valence-electron chi connectivity index (χ0n) is 11.3. The van der Waals surface area contributed by atoms with Gasteiger partial charge in [0.2, 0.25) is 0 Å². The smallest absolute Gasteiger partial charge is 0.253 e. The molecule has 0 bridgehead atoms. The van der Waals surface area contributed by atoms with E-state index < -0.39 is 0 Å². The maximum atomic E-state index is 12.4. The second-order valence-electron chi connectivity index (χ2n) is 5.40. The third-order valence-electron chi connectivity index (χ3n) is 3.94. The minimum Gasteiger partial charge on any atom is -0.493 e. The predicted octanol–water partition coefficient (Wildman–Crippen LogP) is 1.45. The summed E-state index contributed by atoms with van der Waals surface area (Å²) >= 11 is 0. The van der Waals surface area contributed by atoms with Crippen LogP contribution in [0, 0.1) is 0 Å². The summed E-state index contributed by atoms with van der Waals surface area (Å²) in [6, 6.07) is 6.21. The lowest BCUT2D eigenvalue weighted by Gasteiger charge is -2.21. The molecular formula is C15H20N2O2. The summed E-state index contributed by atoms with van der Waals surface area (Å²) < 4.78 is 5.47. The van der Waals surface area contributed by atoms with Crippen LogP contribution in [-0.4, -0.2) is 43.6 Å². The zero-order chi connectivity index (χ0) is 13.2. The summed E-state index contributed by atoms with van der Waals surface area (Å²) in [5.74, 6) is 1.03. The first-order valence-corrected chi connectivity index (χ1v) is 6.98. The van der Waals surface area contributed by atoms with E-state index in [4.69, 9.17) is 4.74 Å². The number of likely N-dealkylation sites (N-methyl/N-ethyl adjacent to an activating group) is 1. The van der Waals surface area contributed by atoms with Gasteiger partial charge in [-0.15, -0.1) is 0 Å². The molecule has 2 heterocycles. The third kappa shape index (κ3) is 2.59. The van der Waals surface area contributed by atoms with Crippen molar-refractivity contribution in [2.45, 2.75) is 25.3 Å². The van der Waals surface area contributed by atoms with E-state index in [1.165, 1.54) is 6.42 Å². The molecular weight excluding hydrogens is 240 g/mol. The van der Waals surface area contributed by atoms with Crippen LogP contribution in [0.4, 0.5) is 0 Å². The maximum Gasteiger partial charge on any atom is 0.253 e. The molecule has 1 aromatic rings. The van der Waals surface area contributed by atoms with Crippen molar-refractivity contribution >= 4 is 5.91 Å². The first-order valence-electron chi connectivity index (χ1n) is 6.98. The Bertz CT molecular complexity index is 481. The Hall–Kier alpha value is -1.55. The van der Waals surface area contributed by atoms with Gasteiger partial charge in [0.15, 0.2) is 0 Å². The summed E-state index contributed by atoms with van der Waals surface area (Å²) in [6.45, 7) is 2.59. The Morgan fingerprint density at radius 2 is 2.42 bits per heavy atom. The van der Waals surface area contributed by atoms with E-state index in [-0.39, 0.29) is 5.91 Å². The van der Waals surface area contributed by atoms with Crippen molar-refractivity contribution in [1.29, 1.82) is 0 Å². The Kier molecular flexibility index (Phi) is 3.42. The summed E-state index contributed by atoms with van der Waals surface area (Å²) in [5.41, 5.74) is 1.92. The highest BCUT2D eigenvalue weighted by Gasteiger charge is 2.21. The summed E-state index contributed by atoms with van der Waals surface area (Å²) in [5, 5.41) is 3.42. The van der Waals surface area contributed by atoms with Gasteiger partial charge in [0, 0.05) is 31.6 Å². The van der Waals surface area contributed by atoms with Crippen molar-refractivity contribution in [1.82, 2.24) is 10.2 Å². The average molecular weight is 260 g/mol. The van der Waals surface area contributed by atoms with Crippen molar-refractivity contribution in [2.24, 2.45) is 0 Å². The molecule has 0 aliphatic carbocycles. The van der Waals surface area contributed by atoms with Gasteiger partial charge in [0.25, 0.3) is 5.91 Å². The normalized spacial score (nSPS) is 21.0. The molecule has 1 atom stereocenters. The highest BCUT2D eigenvalue weighted by atomic mass is 16.5. The van der Waals surface area contributed by atoms with Crippen LogP contribution < -0.4 is 10.1 Å². The van der Waals surface area contributed by atoms with Crippen LogP contribution >= 0.6 is 0 Å². The van der Waals surface area contributed by atoms with E-state index in [1.807, 2.05) is 30.1 Å². The minimum atomic E-state index is 0.100. The molecule has 3 rings (SSSR count). The van der Waals surface area contributed by atoms with E-state index >= 15 is 0 Å². The Morgan fingerprint density at radius 3 is 3.21 bits per heavy atom. The Morgan fingerprint density at radius 1 is 1.53 bits per heavy atom. The summed E-state index contributed by atoms with van der Waals surface area (Å²) in [4.78, 5) is 14.2. The van der Waals surface area contributed by atoms with Crippen molar-refractivity contribution < 1.29 is 9.53 Å². The van der Waals surface area contributed by atoms with Crippen LogP contribution in [0.1, 0.15) is 28.8 Å². The highest BCUT2D eigenvalue weighted by molar-refractivity contribution is 5.94. The molecule has 1 aromatic carbocycles. The first-order chi connectivity index (χ1) is 9.24. The number of benzene rings is 1. The lowest BCUT2D eigenvalue weighted by molar-refractivity contribution is 0.0783. The molecule has 1 amide bonds. The van der Waals surface area contributed by atoms with Crippen molar-refractivity contribution in [2.75, 3.05) is 26.7 Å². The van der Waals surface area contributed by atoms with Crippen LogP contribution in [0.3, 0.4) is 0 Å². The van der Waals surface area contributed by atoms with Gasteiger partial charge >= 0.3 is 0 Å². The van der Waals surface area contributed by atoms with E-state index in [9.17, 15) is 4.79 Å². The number of carbonyl (C=O) groups is 1. The van der Waals surface area contributed by atoms with Crippen LogP contribution in [0.2, 0.25) is 0 Å². The molecule has 19 heavy (non-hydrogen) atoms. The second kappa shape index (κ2) is 5.21. The molecule has 0 spiro atoms. The number of ether oxygens (including phenoxy) is 1. The molecule has 102 valence electrons. The SMILES string of the molecule is CN(CC1CCCN1)C(=O)c1ccc2c(c1)CCO2. The van der Waals surface area contributed by atoms with E-state index in [1.54, 1.807) is 0 Å². The van der Waals surface area contributed by atoms with Crippen LogP contribution in [0.25, 0.3) is 0 Å². The third-order valence-corrected chi connectivity index (χ3v) is 3.94. The number of rotatable bonds is 3. The largest absolute Gasteiger partial charge is 0.493 e. The van der Waals surface area contributed by atoms with Gasteiger partial charge in [-0.2, -0.15) is 0 Å². The fraction of sp³-hybridized carbons (Fsp3) is 0.533. The molecule has 4 nitrogen and oxygen atoms in total. The lowest BCUT2D eigenvalue weighted by atomic mass is 10.1. The van der Waals surface area contributed by atoms with Crippen molar-refractivity contribution in [3.63, 3.8) is 0 Å². The van der Waals surface area contributed by atoms with Crippen LogP contribution in [-0.2, 0) is 6.42 Å². The van der Waals surface area contributed by atoms with Crippen molar-refractivity contribution in [3.8, 4) is 5.75 Å². The quantitative estimate of drug-likeness (QED) is 0.894. The lowest BCUT2D eigenvalue weighted by Crippen LogP contribution is -2.38. The molecule has 1 unspecified atom stereocenters. The molecule has 4 heteroatoms. The molecule has 0 saturated carbocycles. The fourth-order valence-corrected chi connectivity index (χ4v) is 2.87. The van der Waals surface area contributed by atoms with Crippen LogP contribution in [0.15, 0.2) is 18.2 Å². The standard InChI is InChI=1S/C15H20N2O2/c1-17(10-13-3-2-7-16-13)15(18)12-4-5-14-11(9-12)6-8-19-14/h4-5,9,13,16H,2-3,6-8,10H2,1H3. The van der Waals surface area contributed by atoms with Gasteiger partial charge in [0.05, 0.1) is 6.61 Å². The van der Waals surface area contributed by atoms with Gasteiger partial charge in [-0.05, 0) is 43.1 Å². The molecule has 2 aliphatic heterocycles. The molecule has 1 N–H and O–H groups in total. The monoisotopic (exact) mass is 260 g/mol. The number of fused-ring (bicyclic) bond motifs is 1. The number of nitrogens with zero attached hydrogens (tertiary/aromatic N) is 1. The first kappa shape index (κ1) is 12.5. The zero-order valence-corrected chi connectivity index (χ0v) is 11.3. The van der Waals surface area contributed by atoms with Crippen LogP contribution in [0.5, 0.6) is 5.75 Å². The summed E-state index contributed by atoms with van der Waals surface area (Å²) in [6.07, 6.45) is 3.28. The van der Waals surface area contributed by atoms with Gasteiger partial charge in [0.1, 0.15) is 5.75 Å². The Balaban J connectivity index is 1.68. The molecule has 1 fully saturated rings. The minimum absolute atomic E-state index is 0.100. The second-order valence-corrected chi connectivity index (χ2v) is 5.40. The van der Waals surface area contributed by atoms with E-state index in [2.05, 4.69) is 5.32 Å². The van der Waals surface area contributed by atoms with Gasteiger partial charge in [-0.25, -0.2) is 0 Å². The highest BCUT2D eigenvalue weighted by Crippen LogP contribution is 2.26. The van der Waals surface area contributed by atoms with Crippen molar-refractivity contribution in [3.05, 3.63) is 29.3 Å². The Labute approximate surface area is 113 Å².